The van der Waals surface area contributed by atoms with E-state index < -0.39 is 5.97 Å². The van der Waals surface area contributed by atoms with Gasteiger partial charge in [0.15, 0.2) is 0 Å². The third-order valence-corrected chi connectivity index (χ3v) is 3.08. The topological polar surface area (TPSA) is 50.2 Å². The van der Waals surface area contributed by atoms with Crippen LogP contribution in [0.2, 0.25) is 15.1 Å². The molecule has 1 heterocycles. The lowest BCUT2D eigenvalue weighted by molar-refractivity contribution is 0.0697. The van der Waals surface area contributed by atoms with Gasteiger partial charge >= 0.3 is 5.97 Å². The molecule has 3 nitrogen and oxygen atoms in total. The van der Waals surface area contributed by atoms with E-state index in [1.54, 1.807) is 0 Å². The molecule has 0 saturated heterocycles. The molecule has 92 valence electrons. The second-order valence-electron chi connectivity index (χ2n) is 3.48. The Morgan fingerprint density at radius 3 is 2.28 bits per heavy atom. The number of pyridine rings is 1. The minimum Gasteiger partial charge on any atom is -0.478 e. The molecule has 1 aromatic heterocycles. The Hall–Kier alpha value is -1.29. The number of benzene rings is 1. The Bertz CT molecular complexity index is 605. The molecule has 2 aromatic rings. The van der Waals surface area contributed by atoms with Gasteiger partial charge in [-0.05, 0) is 24.3 Å². The minimum absolute atomic E-state index is 0.113. The fourth-order valence-corrected chi connectivity index (χ4v) is 2.50. The van der Waals surface area contributed by atoms with Gasteiger partial charge in [-0.15, -0.1) is 0 Å². The third-order valence-electron chi connectivity index (χ3n) is 2.27. The standard InChI is InChI=1S/C12H6Cl3NO2/c13-7-4-8(14)11(9(15)5-7)10-3-6(12(17)18)1-2-16-10/h1-5H,(H,17,18). The van der Waals surface area contributed by atoms with Crippen molar-refractivity contribution < 1.29 is 9.90 Å². The van der Waals surface area contributed by atoms with E-state index in [1.807, 2.05) is 0 Å². The van der Waals surface area contributed by atoms with Gasteiger partial charge in [-0.1, -0.05) is 34.8 Å². The van der Waals surface area contributed by atoms with Crippen molar-refractivity contribution in [2.75, 3.05) is 0 Å². The molecular formula is C12H6Cl3NO2. The lowest BCUT2D eigenvalue weighted by Crippen LogP contribution is -1.97. The van der Waals surface area contributed by atoms with E-state index in [0.717, 1.165) is 0 Å². The zero-order chi connectivity index (χ0) is 13.3. The van der Waals surface area contributed by atoms with Crippen molar-refractivity contribution in [3.05, 3.63) is 51.1 Å². The second-order valence-corrected chi connectivity index (χ2v) is 4.73. The number of halogens is 3. The molecule has 0 aliphatic carbocycles. The number of rotatable bonds is 2. The highest BCUT2D eigenvalue weighted by atomic mass is 35.5. The van der Waals surface area contributed by atoms with E-state index in [4.69, 9.17) is 39.9 Å². The predicted molar refractivity (Wildman–Crippen MR) is 71.7 cm³/mol. The van der Waals surface area contributed by atoms with Crippen LogP contribution in [0.25, 0.3) is 11.3 Å². The van der Waals surface area contributed by atoms with Crippen LogP contribution in [0.5, 0.6) is 0 Å². The number of hydrogen-bond donors (Lipinski definition) is 1. The fourth-order valence-electron chi connectivity index (χ4n) is 1.49. The first-order chi connectivity index (χ1) is 8.49. The Morgan fingerprint density at radius 1 is 1.11 bits per heavy atom. The first-order valence-corrected chi connectivity index (χ1v) is 5.96. The summed E-state index contributed by atoms with van der Waals surface area (Å²) in [6.45, 7) is 0. The maximum atomic E-state index is 10.9. The molecule has 18 heavy (non-hydrogen) atoms. The molecular weight excluding hydrogens is 296 g/mol. The van der Waals surface area contributed by atoms with Crippen LogP contribution in [0.3, 0.4) is 0 Å². The summed E-state index contributed by atoms with van der Waals surface area (Å²) in [6.07, 6.45) is 1.39. The molecule has 0 amide bonds. The number of carboxylic acid groups (broad SMARTS) is 1. The number of hydrogen-bond acceptors (Lipinski definition) is 2. The Morgan fingerprint density at radius 2 is 1.72 bits per heavy atom. The number of nitrogens with zero attached hydrogens (tertiary/aromatic N) is 1. The van der Waals surface area contributed by atoms with Gasteiger partial charge in [-0.3, -0.25) is 4.98 Å². The summed E-state index contributed by atoms with van der Waals surface area (Å²) in [5, 5.41) is 9.97. The van der Waals surface area contributed by atoms with Crippen LogP contribution < -0.4 is 0 Å². The van der Waals surface area contributed by atoms with E-state index in [9.17, 15) is 4.79 Å². The van der Waals surface area contributed by atoms with Crippen LogP contribution in [0.1, 0.15) is 10.4 Å². The Balaban J connectivity index is 2.62. The summed E-state index contributed by atoms with van der Waals surface area (Å²) in [7, 11) is 0. The molecule has 1 aromatic carbocycles. The highest BCUT2D eigenvalue weighted by molar-refractivity contribution is 6.41. The number of aromatic carboxylic acids is 1. The van der Waals surface area contributed by atoms with E-state index in [2.05, 4.69) is 4.98 Å². The lowest BCUT2D eigenvalue weighted by atomic mass is 10.1. The molecule has 1 N–H and O–H groups in total. The summed E-state index contributed by atoms with van der Waals surface area (Å²) < 4.78 is 0. The smallest absolute Gasteiger partial charge is 0.335 e. The number of carbonyl (C=O) groups is 1. The van der Waals surface area contributed by atoms with Crippen molar-refractivity contribution in [2.24, 2.45) is 0 Å². The zero-order valence-electron chi connectivity index (χ0n) is 8.82. The molecule has 0 fully saturated rings. The zero-order valence-corrected chi connectivity index (χ0v) is 11.1. The van der Waals surface area contributed by atoms with Gasteiger partial charge in [0, 0.05) is 16.8 Å². The highest BCUT2D eigenvalue weighted by Crippen LogP contribution is 2.36. The maximum absolute atomic E-state index is 10.9. The molecule has 0 unspecified atom stereocenters. The normalized spacial score (nSPS) is 10.4. The van der Waals surface area contributed by atoms with Crippen molar-refractivity contribution in [3.63, 3.8) is 0 Å². The second kappa shape index (κ2) is 5.14. The number of carboxylic acids is 1. The van der Waals surface area contributed by atoms with Gasteiger partial charge in [0.1, 0.15) is 0 Å². The van der Waals surface area contributed by atoms with Crippen LogP contribution >= 0.6 is 34.8 Å². The van der Waals surface area contributed by atoms with E-state index in [1.165, 1.54) is 30.5 Å². The molecule has 2 rings (SSSR count). The Labute approximate surface area is 118 Å². The van der Waals surface area contributed by atoms with Crippen molar-refractivity contribution in [3.8, 4) is 11.3 Å². The average Bonchev–Trinajstić information content (AvgIpc) is 2.28. The van der Waals surface area contributed by atoms with Gasteiger partial charge in [-0.25, -0.2) is 4.79 Å². The quantitative estimate of drug-likeness (QED) is 0.894. The lowest BCUT2D eigenvalue weighted by Gasteiger charge is -2.07. The van der Waals surface area contributed by atoms with Gasteiger partial charge in [0.05, 0.1) is 21.3 Å². The first-order valence-electron chi connectivity index (χ1n) is 4.83. The van der Waals surface area contributed by atoms with Crippen LogP contribution in [0, 0.1) is 0 Å². The van der Waals surface area contributed by atoms with E-state index in [0.29, 0.717) is 26.3 Å². The monoisotopic (exact) mass is 301 g/mol. The molecule has 0 aliphatic rings. The summed E-state index contributed by atoms with van der Waals surface area (Å²) in [6, 6.07) is 5.85. The van der Waals surface area contributed by atoms with E-state index >= 15 is 0 Å². The first kappa shape index (κ1) is 13.1. The highest BCUT2D eigenvalue weighted by Gasteiger charge is 2.13. The van der Waals surface area contributed by atoms with Gasteiger partial charge in [0.25, 0.3) is 0 Å². The van der Waals surface area contributed by atoms with Crippen molar-refractivity contribution >= 4 is 40.8 Å². The van der Waals surface area contributed by atoms with E-state index in [-0.39, 0.29) is 5.56 Å². The van der Waals surface area contributed by atoms with Crippen LogP contribution in [-0.4, -0.2) is 16.1 Å². The van der Waals surface area contributed by atoms with Crippen molar-refractivity contribution in [1.82, 2.24) is 4.98 Å². The van der Waals surface area contributed by atoms with Gasteiger partial charge in [-0.2, -0.15) is 0 Å². The number of aromatic nitrogens is 1. The van der Waals surface area contributed by atoms with Crippen molar-refractivity contribution in [2.45, 2.75) is 0 Å². The SMILES string of the molecule is O=C(O)c1ccnc(-c2c(Cl)cc(Cl)cc2Cl)c1. The summed E-state index contributed by atoms with van der Waals surface area (Å²) in [5.41, 5.74) is 0.967. The summed E-state index contributed by atoms with van der Waals surface area (Å²) >= 11 is 17.9. The molecule has 0 saturated carbocycles. The molecule has 0 bridgehead atoms. The fraction of sp³-hybridized carbons (Fsp3) is 0. The van der Waals surface area contributed by atoms with Gasteiger partial charge < -0.3 is 5.11 Å². The molecule has 0 spiro atoms. The molecule has 0 radical (unpaired) electrons. The molecule has 0 aliphatic heterocycles. The van der Waals surface area contributed by atoms with Crippen LogP contribution in [0.15, 0.2) is 30.5 Å². The molecule has 0 atom stereocenters. The Kier molecular flexibility index (Phi) is 3.76. The average molecular weight is 303 g/mol. The van der Waals surface area contributed by atoms with Crippen LogP contribution in [0.4, 0.5) is 0 Å². The predicted octanol–water partition coefficient (Wildman–Crippen LogP) is 4.41. The van der Waals surface area contributed by atoms with Gasteiger partial charge in [0.2, 0.25) is 0 Å². The third kappa shape index (κ3) is 2.58. The summed E-state index contributed by atoms with van der Waals surface area (Å²) in [5.74, 6) is -1.04. The maximum Gasteiger partial charge on any atom is 0.335 e. The largest absolute Gasteiger partial charge is 0.478 e. The molecule has 6 heteroatoms. The van der Waals surface area contributed by atoms with Crippen LogP contribution in [-0.2, 0) is 0 Å². The minimum atomic E-state index is -1.04. The van der Waals surface area contributed by atoms with Crippen molar-refractivity contribution in [1.29, 1.82) is 0 Å². The summed E-state index contributed by atoms with van der Waals surface area (Å²) in [4.78, 5) is 15.0.